The highest BCUT2D eigenvalue weighted by Gasteiger charge is 2.27. The third-order valence-corrected chi connectivity index (χ3v) is 3.27. The quantitative estimate of drug-likeness (QED) is 0.755. The van der Waals surface area contributed by atoms with Crippen LogP contribution in [0.4, 0.5) is 0 Å². The van der Waals surface area contributed by atoms with Crippen molar-refractivity contribution in [2.75, 3.05) is 13.7 Å². The van der Waals surface area contributed by atoms with E-state index in [4.69, 9.17) is 4.42 Å². The van der Waals surface area contributed by atoms with Crippen LogP contribution >= 0.6 is 0 Å². The van der Waals surface area contributed by atoms with E-state index in [-0.39, 0.29) is 23.5 Å². The van der Waals surface area contributed by atoms with E-state index >= 15 is 0 Å². The zero-order chi connectivity index (χ0) is 13.1. The fraction of sp³-hybridized carbons (Fsp3) is 0.538. The molecule has 1 aromatic rings. The molecule has 5 nitrogen and oxygen atoms in total. The Bertz CT molecular complexity index is 452. The number of nitrogens with zero attached hydrogens (tertiary/aromatic N) is 1. The van der Waals surface area contributed by atoms with Gasteiger partial charge in [0.05, 0.1) is 7.11 Å². The number of ether oxygens (including phenoxy) is 1. The highest BCUT2D eigenvalue weighted by atomic mass is 16.5. The SMILES string of the molecule is COC(=O)c1ccc(C(=O)N2CCCCC2C)o1. The van der Waals surface area contributed by atoms with Crippen LogP contribution in [0, 0.1) is 0 Å². The molecule has 1 amide bonds. The first-order chi connectivity index (χ1) is 8.63. The van der Waals surface area contributed by atoms with Gasteiger partial charge in [-0.05, 0) is 38.3 Å². The largest absolute Gasteiger partial charge is 0.463 e. The first kappa shape index (κ1) is 12.7. The van der Waals surface area contributed by atoms with Crippen LogP contribution in [0.1, 0.15) is 47.3 Å². The minimum absolute atomic E-state index is 0.0607. The molecule has 0 N–H and O–H groups in total. The van der Waals surface area contributed by atoms with Crippen molar-refractivity contribution in [3.8, 4) is 0 Å². The van der Waals surface area contributed by atoms with Gasteiger partial charge < -0.3 is 14.1 Å². The predicted molar refractivity (Wildman–Crippen MR) is 64.4 cm³/mol. The molecule has 5 heteroatoms. The van der Waals surface area contributed by atoms with Gasteiger partial charge in [0.15, 0.2) is 5.76 Å². The molecule has 1 fully saturated rings. The summed E-state index contributed by atoms with van der Waals surface area (Å²) in [6.45, 7) is 2.77. The van der Waals surface area contributed by atoms with Gasteiger partial charge in [0.2, 0.25) is 5.76 Å². The second-order valence-corrected chi connectivity index (χ2v) is 4.50. The van der Waals surface area contributed by atoms with Crippen LogP contribution < -0.4 is 0 Å². The highest BCUT2D eigenvalue weighted by molar-refractivity contribution is 5.94. The van der Waals surface area contributed by atoms with Gasteiger partial charge in [-0.25, -0.2) is 4.79 Å². The first-order valence-corrected chi connectivity index (χ1v) is 6.12. The molecule has 0 aromatic carbocycles. The van der Waals surface area contributed by atoms with Gasteiger partial charge in [-0.1, -0.05) is 0 Å². The molecule has 2 rings (SSSR count). The summed E-state index contributed by atoms with van der Waals surface area (Å²) in [6.07, 6.45) is 3.17. The molecule has 98 valence electrons. The van der Waals surface area contributed by atoms with Crippen molar-refractivity contribution in [2.45, 2.75) is 32.2 Å². The van der Waals surface area contributed by atoms with Crippen LogP contribution in [-0.2, 0) is 4.74 Å². The number of amides is 1. The maximum atomic E-state index is 12.2. The van der Waals surface area contributed by atoms with Crippen molar-refractivity contribution < 1.29 is 18.7 Å². The summed E-state index contributed by atoms with van der Waals surface area (Å²) in [4.78, 5) is 25.3. The molecule has 0 aliphatic carbocycles. The van der Waals surface area contributed by atoms with Gasteiger partial charge in [-0.2, -0.15) is 0 Å². The van der Waals surface area contributed by atoms with Crippen LogP contribution in [0.3, 0.4) is 0 Å². The van der Waals surface area contributed by atoms with Crippen molar-refractivity contribution in [3.63, 3.8) is 0 Å². The lowest BCUT2D eigenvalue weighted by molar-refractivity contribution is 0.0546. The molecule has 1 aliphatic heterocycles. The highest BCUT2D eigenvalue weighted by Crippen LogP contribution is 2.20. The molecule has 18 heavy (non-hydrogen) atoms. The fourth-order valence-electron chi connectivity index (χ4n) is 2.20. The normalized spacial score (nSPS) is 19.7. The van der Waals surface area contributed by atoms with E-state index in [1.54, 1.807) is 4.90 Å². The molecule has 1 atom stereocenters. The van der Waals surface area contributed by atoms with Crippen molar-refractivity contribution in [3.05, 3.63) is 23.7 Å². The standard InChI is InChI=1S/C13H17NO4/c1-9-5-3-4-8-14(9)12(15)10-6-7-11(18-10)13(16)17-2/h6-7,9H,3-5,8H2,1-2H3. The van der Waals surface area contributed by atoms with E-state index in [1.165, 1.54) is 19.2 Å². The van der Waals surface area contributed by atoms with E-state index in [9.17, 15) is 9.59 Å². The smallest absolute Gasteiger partial charge is 0.373 e. The van der Waals surface area contributed by atoms with Crippen molar-refractivity contribution in [2.24, 2.45) is 0 Å². The first-order valence-electron chi connectivity index (χ1n) is 6.12. The number of methoxy groups -OCH3 is 1. The second kappa shape index (κ2) is 5.25. The van der Waals surface area contributed by atoms with Crippen molar-refractivity contribution >= 4 is 11.9 Å². The lowest BCUT2D eigenvalue weighted by atomic mass is 10.0. The third kappa shape index (κ3) is 2.39. The predicted octanol–water partition coefficient (Wildman–Crippen LogP) is 2.08. The van der Waals surface area contributed by atoms with Crippen molar-refractivity contribution in [1.82, 2.24) is 4.90 Å². The van der Waals surface area contributed by atoms with Gasteiger partial charge in [-0.15, -0.1) is 0 Å². The Labute approximate surface area is 106 Å². The number of carbonyl (C=O) groups excluding carboxylic acids is 2. The van der Waals surface area contributed by atoms with E-state index < -0.39 is 5.97 Å². The summed E-state index contributed by atoms with van der Waals surface area (Å²) in [5, 5.41) is 0. The summed E-state index contributed by atoms with van der Waals surface area (Å²) < 4.78 is 9.77. The Morgan fingerprint density at radius 3 is 2.72 bits per heavy atom. The molecule has 0 saturated carbocycles. The number of piperidine rings is 1. The van der Waals surface area contributed by atoms with Gasteiger partial charge in [0.25, 0.3) is 5.91 Å². The number of carbonyl (C=O) groups is 2. The number of likely N-dealkylation sites (tertiary alicyclic amines) is 1. The molecular formula is C13H17NO4. The summed E-state index contributed by atoms with van der Waals surface area (Å²) in [6, 6.07) is 3.21. The summed E-state index contributed by atoms with van der Waals surface area (Å²) in [5.74, 6) is -0.465. The lowest BCUT2D eigenvalue weighted by Crippen LogP contribution is -2.41. The summed E-state index contributed by atoms with van der Waals surface area (Å²) in [5.41, 5.74) is 0. The second-order valence-electron chi connectivity index (χ2n) is 4.50. The zero-order valence-corrected chi connectivity index (χ0v) is 10.6. The maximum absolute atomic E-state index is 12.2. The van der Waals surface area contributed by atoms with E-state index in [1.807, 2.05) is 6.92 Å². The van der Waals surface area contributed by atoms with E-state index in [0.717, 1.165) is 25.8 Å². The van der Waals surface area contributed by atoms with Crippen LogP contribution in [0.2, 0.25) is 0 Å². The molecule has 0 bridgehead atoms. The Hall–Kier alpha value is -1.78. The monoisotopic (exact) mass is 251 g/mol. The Morgan fingerprint density at radius 2 is 2.06 bits per heavy atom. The Kier molecular flexibility index (Phi) is 3.69. The molecule has 0 spiro atoms. The fourth-order valence-corrected chi connectivity index (χ4v) is 2.20. The van der Waals surface area contributed by atoms with Crippen LogP contribution in [0.25, 0.3) is 0 Å². The number of esters is 1. The third-order valence-electron chi connectivity index (χ3n) is 3.27. The number of hydrogen-bond donors (Lipinski definition) is 0. The van der Waals surface area contributed by atoms with Crippen molar-refractivity contribution in [1.29, 1.82) is 0 Å². The van der Waals surface area contributed by atoms with Crippen LogP contribution in [0.5, 0.6) is 0 Å². The van der Waals surface area contributed by atoms with Gasteiger partial charge in [-0.3, -0.25) is 4.79 Å². The number of hydrogen-bond acceptors (Lipinski definition) is 4. The average Bonchev–Trinajstić information content (AvgIpc) is 2.87. The van der Waals surface area contributed by atoms with Gasteiger partial charge in [0, 0.05) is 12.6 Å². The summed E-state index contributed by atoms with van der Waals surface area (Å²) in [7, 11) is 1.28. The van der Waals surface area contributed by atoms with E-state index in [2.05, 4.69) is 4.74 Å². The Morgan fingerprint density at radius 1 is 1.33 bits per heavy atom. The topological polar surface area (TPSA) is 59.8 Å². The summed E-state index contributed by atoms with van der Waals surface area (Å²) >= 11 is 0. The minimum Gasteiger partial charge on any atom is -0.463 e. The average molecular weight is 251 g/mol. The van der Waals surface area contributed by atoms with E-state index in [0.29, 0.717) is 0 Å². The molecule has 2 heterocycles. The maximum Gasteiger partial charge on any atom is 0.373 e. The van der Waals surface area contributed by atoms with Gasteiger partial charge in [0.1, 0.15) is 0 Å². The van der Waals surface area contributed by atoms with Gasteiger partial charge >= 0.3 is 5.97 Å². The molecule has 1 aliphatic rings. The number of furan rings is 1. The molecule has 0 radical (unpaired) electrons. The zero-order valence-electron chi connectivity index (χ0n) is 10.6. The lowest BCUT2D eigenvalue weighted by Gasteiger charge is -2.32. The molecule has 1 aromatic heterocycles. The number of rotatable bonds is 2. The van der Waals surface area contributed by atoms with Crippen LogP contribution in [0.15, 0.2) is 16.5 Å². The molecule has 1 saturated heterocycles. The minimum atomic E-state index is -0.569. The van der Waals surface area contributed by atoms with Crippen LogP contribution in [-0.4, -0.2) is 36.5 Å². The Balaban J connectivity index is 2.13. The molecule has 1 unspecified atom stereocenters. The molecular weight excluding hydrogens is 234 g/mol.